The number of β-amino-alcohol motifs (C(OH)–C–C–N with tert-alkyl or cyclic N) is 1. The third kappa shape index (κ3) is 2.11. The van der Waals surface area contributed by atoms with Crippen molar-refractivity contribution < 1.29 is 14.2 Å². The average Bonchev–Trinajstić information content (AvgIpc) is 2.18. The van der Waals surface area contributed by atoms with Crippen LogP contribution in [0.25, 0.3) is 0 Å². The lowest BCUT2D eigenvalue weighted by Gasteiger charge is -2.37. The van der Waals surface area contributed by atoms with Crippen LogP contribution in [-0.2, 0) is 6.42 Å². The van der Waals surface area contributed by atoms with Gasteiger partial charge in [0, 0.05) is 25.6 Å². The third-order valence-electron chi connectivity index (χ3n) is 2.69. The Kier molecular flexibility index (Phi) is 2.63. The highest BCUT2D eigenvalue weighted by Crippen LogP contribution is 2.22. The Morgan fingerprint density at radius 3 is 2.73 bits per heavy atom. The highest BCUT2D eigenvalue weighted by atomic mass is 19.1. The molecule has 1 saturated heterocycles. The van der Waals surface area contributed by atoms with Gasteiger partial charge in [0.15, 0.2) is 0 Å². The molecule has 0 atom stereocenters. The second-order valence-corrected chi connectivity index (χ2v) is 3.96. The van der Waals surface area contributed by atoms with Crippen LogP contribution in [-0.4, -0.2) is 30.9 Å². The van der Waals surface area contributed by atoms with E-state index in [1.807, 2.05) is 0 Å². The Morgan fingerprint density at radius 1 is 1.53 bits per heavy atom. The minimum Gasteiger partial charge on any atom is -0.497 e. The molecule has 4 heteroatoms. The number of rotatable bonds is 3. The third-order valence-corrected chi connectivity index (χ3v) is 2.69. The molecule has 1 aromatic rings. The number of aliphatic hydroxyl groups is 1. The maximum absolute atomic E-state index is 13.5. The van der Waals surface area contributed by atoms with Gasteiger partial charge in [-0.05, 0) is 11.6 Å². The summed E-state index contributed by atoms with van der Waals surface area (Å²) in [6.07, 6.45) is 0.343. The van der Waals surface area contributed by atoms with Gasteiger partial charge < -0.3 is 15.2 Å². The molecule has 1 aliphatic rings. The van der Waals surface area contributed by atoms with Gasteiger partial charge in [-0.2, -0.15) is 0 Å². The number of methoxy groups -OCH3 is 1. The maximum Gasteiger partial charge on any atom is 0.130 e. The van der Waals surface area contributed by atoms with E-state index >= 15 is 0 Å². The summed E-state index contributed by atoms with van der Waals surface area (Å²) in [5.41, 5.74) is -0.255. The van der Waals surface area contributed by atoms with E-state index in [1.165, 1.54) is 13.2 Å². The Balaban J connectivity index is 2.14. The van der Waals surface area contributed by atoms with Crippen molar-refractivity contribution in [2.24, 2.45) is 0 Å². The first-order valence-electron chi connectivity index (χ1n) is 4.88. The highest BCUT2D eigenvalue weighted by molar-refractivity contribution is 5.30. The van der Waals surface area contributed by atoms with Gasteiger partial charge in [-0.1, -0.05) is 6.07 Å². The first kappa shape index (κ1) is 10.4. The predicted octanol–water partition coefficient (Wildman–Crippen LogP) is 0.711. The van der Waals surface area contributed by atoms with E-state index in [9.17, 15) is 9.50 Å². The molecule has 82 valence electrons. The Morgan fingerprint density at radius 2 is 2.27 bits per heavy atom. The summed E-state index contributed by atoms with van der Waals surface area (Å²) >= 11 is 0. The Hall–Kier alpha value is -1.13. The van der Waals surface area contributed by atoms with E-state index in [0.29, 0.717) is 30.8 Å². The van der Waals surface area contributed by atoms with Gasteiger partial charge in [-0.25, -0.2) is 4.39 Å². The maximum atomic E-state index is 13.5. The summed E-state index contributed by atoms with van der Waals surface area (Å²) in [4.78, 5) is 0. The molecule has 0 aliphatic carbocycles. The summed E-state index contributed by atoms with van der Waals surface area (Å²) in [6.45, 7) is 1.05. The van der Waals surface area contributed by atoms with Crippen LogP contribution in [0.4, 0.5) is 4.39 Å². The topological polar surface area (TPSA) is 41.5 Å². The van der Waals surface area contributed by atoms with Gasteiger partial charge in [-0.15, -0.1) is 0 Å². The van der Waals surface area contributed by atoms with Crippen molar-refractivity contribution in [1.29, 1.82) is 0 Å². The van der Waals surface area contributed by atoms with Crippen LogP contribution >= 0.6 is 0 Å². The largest absolute Gasteiger partial charge is 0.497 e. The number of halogens is 1. The molecule has 15 heavy (non-hydrogen) atoms. The SMILES string of the molecule is COc1ccc(CC2(O)CNC2)c(F)c1. The number of benzene rings is 1. The molecule has 0 radical (unpaired) electrons. The van der Waals surface area contributed by atoms with Crippen LogP contribution in [0, 0.1) is 5.82 Å². The van der Waals surface area contributed by atoms with Crippen LogP contribution in [0.3, 0.4) is 0 Å². The van der Waals surface area contributed by atoms with Crippen molar-refractivity contribution in [2.45, 2.75) is 12.0 Å². The van der Waals surface area contributed by atoms with Crippen LogP contribution < -0.4 is 10.1 Å². The molecule has 2 rings (SSSR count). The van der Waals surface area contributed by atoms with Crippen LogP contribution in [0.5, 0.6) is 5.75 Å². The molecule has 1 fully saturated rings. The highest BCUT2D eigenvalue weighted by Gasteiger charge is 2.34. The summed E-state index contributed by atoms with van der Waals surface area (Å²) < 4.78 is 18.4. The zero-order valence-corrected chi connectivity index (χ0v) is 8.59. The van der Waals surface area contributed by atoms with Crippen molar-refractivity contribution in [3.63, 3.8) is 0 Å². The molecular weight excluding hydrogens is 197 g/mol. The lowest BCUT2D eigenvalue weighted by molar-refractivity contribution is -0.00969. The van der Waals surface area contributed by atoms with Crippen molar-refractivity contribution in [3.8, 4) is 5.75 Å². The molecule has 2 N–H and O–H groups in total. The monoisotopic (exact) mass is 211 g/mol. The summed E-state index contributed by atoms with van der Waals surface area (Å²) in [5.74, 6) is 0.171. The van der Waals surface area contributed by atoms with Gasteiger partial charge in [0.2, 0.25) is 0 Å². The van der Waals surface area contributed by atoms with E-state index in [2.05, 4.69) is 5.32 Å². The molecular formula is C11H14FNO2. The average molecular weight is 211 g/mol. The van der Waals surface area contributed by atoms with Gasteiger partial charge in [-0.3, -0.25) is 0 Å². The van der Waals surface area contributed by atoms with Gasteiger partial charge in [0.05, 0.1) is 12.7 Å². The second kappa shape index (κ2) is 3.79. The minimum absolute atomic E-state index is 0.324. The fourth-order valence-corrected chi connectivity index (χ4v) is 1.69. The zero-order chi connectivity index (χ0) is 10.9. The first-order valence-corrected chi connectivity index (χ1v) is 4.88. The fraction of sp³-hybridized carbons (Fsp3) is 0.455. The molecule has 1 aromatic carbocycles. The standard InChI is InChI=1S/C11H14FNO2/c1-15-9-3-2-8(10(12)4-9)5-11(14)6-13-7-11/h2-4,13-14H,5-7H2,1H3. The molecule has 0 saturated carbocycles. The predicted molar refractivity (Wildman–Crippen MR) is 54.5 cm³/mol. The van der Waals surface area contributed by atoms with E-state index in [-0.39, 0.29) is 5.82 Å². The van der Waals surface area contributed by atoms with Crippen LogP contribution in [0.2, 0.25) is 0 Å². The van der Waals surface area contributed by atoms with Gasteiger partial charge in [0.25, 0.3) is 0 Å². The van der Waals surface area contributed by atoms with Crippen molar-refractivity contribution in [1.82, 2.24) is 5.32 Å². The van der Waals surface area contributed by atoms with E-state index < -0.39 is 5.60 Å². The number of nitrogens with one attached hydrogen (secondary N) is 1. The Labute approximate surface area is 87.9 Å². The van der Waals surface area contributed by atoms with Gasteiger partial charge >= 0.3 is 0 Å². The summed E-state index contributed by atoms with van der Waals surface area (Å²) in [7, 11) is 1.50. The van der Waals surface area contributed by atoms with E-state index in [0.717, 1.165) is 0 Å². The summed E-state index contributed by atoms with van der Waals surface area (Å²) in [5, 5.41) is 12.8. The Bertz CT molecular complexity index is 364. The second-order valence-electron chi connectivity index (χ2n) is 3.96. The molecule has 0 amide bonds. The molecule has 1 aliphatic heterocycles. The fourth-order valence-electron chi connectivity index (χ4n) is 1.69. The molecule has 3 nitrogen and oxygen atoms in total. The van der Waals surface area contributed by atoms with E-state index in [1.54, 1.807) is 12.1 Å². The molecule has 0 unspecified atom stereocenters. The molecule has 0 spiro atoms. The van der Waals surface area contributed by atoms with Crippen molar-refractivity contribution in [3.05, 3.63) is 29.6 Å². The van der Waals surface area contributed by atoms with Gasteiger partial charge in [0.1, 0.15) is 11.6 Å². The molecule has 1 heterocycles. The normalized spacial score (nSPS) is 18.3. The number of hydrogen-bond donors (Lipinski definition) is 2. The first-order chi connectivity index (χ1) is 7.13. The lowest BCUT2D eigenvalue weighted by atomic mass is 9.89. The smallest absolute Gasteiger partial charge is 0.130 e. The lowest BCUT2D eigenvalue weighted by Crippen LogP contribution is -2.60. The molecule has 0 bridgehead atoms. The van der Waals surface area contributed by atoms with E-state index in [4.69, 9.17) is 4.74 Å². The molecule has 0 aromatic heterocycles. The van der Waals surface area contributed by atoms with Crippen LogP contribution in [0.15, 0.2) is 18.2 Å². The van der Waals surface area contributed by atoms with Crippen molar-refractivity contribution >= 4 is 0 Å². The zero-order valence-electron chi connectivity index (χ0n) is 8.59. The number of hydrogen-bond acceptors (Lipinski definition) is 3. The van der Waals surface area contributed by atoms with Crippen LogP contribution in [0.1, 0.15) is 5.56 Å². The summed E-state index contributed by atoms with van der Waals surface area (Å²) in [6, 6.07) is 4.70. The number of ether oxygens (including phenoxy) is 1. The minimum atomic E-state index is -0.782. The van der Waals surface area contributed by atoms with Crippen molar-refractivity contribution in [2.75, 3.05) is 20.2 Å². The quantitative estimate of drug-likeness (QED) is 0.773.